The van der Waals surface area contributed by atoms with Crippen LogP contribution in [0, 0.1) is 0 Å². The van der Waals surface area contributed by atoms with Gasteiger partial charge in [0.2, 0.25) is 0 Å². The van der Waals surface area contributed by atoms with Crippen molar-refractivity contribution in [3.05, 3.63) is 23.2 Å². The highest BCUT2D eigenvalue weighted by Crippen LogP contribution is 2.24. The van der Waals surface area contributed by atoms with Crippen LogP contribution >= 0.6 is 11.6 Å². The quantitative estimate of drug-likeness (QED) is 0.600. The number of anilines is 1. The second kappa shape index (κ2) is 5.76. The van der Waals surface area contributed by atoms with E-state index in [0.717, 1.165) is 18.8 Å². The van der Waals surface area contributed by atoms with Gasteiger partial charge in [0, 0.05) is 5.02 Å². The van der Waals surface area contributed by atoms with Crippen molar-refractivity contribution in [1.82, 2.24) is 0 Å². The van der Waals surface area contributed by atoms with Crippen LogP contribution in [0.1, 0.15) is 26.2 Å². The summed E-state index contributed by atoms with van der Waals surface area (Å²) < 4.78 is 5.51. The van der Waals surface area contributed by atoms with Crippen LogP contribution in [-0.4, -0.2) is 6.61 Å². The van der Waals surface area contributed by atoms with E-state index in [2.05, 4.69) is 6.92 Å². The summed E-state index contributed by atoms with van der Waals surface area (Å²) in [6.07, 6.45) is 3.45. The molecule has 0 aliphatic rings. The molecule has 1 aromatic carbocycles. The Hall–Kier alpha value is -0.890. The highest BCUT2D eigenvalue weighted by Gasteiger charge is 2.00. The molecule has 1 aromatic rings. The average Bonchev–Trinajstić information content (AvgIpc) is 2.15. The summed E-state index contributed by atoms with van der Waals surface area (Å²) in [7, 11) is 0. The Morgan fingerprint density at radius 2 is 2.14 bits per heavy atom. The van der Waals surface area contributed by atoms with E-state index in [9.17, 15) is 0 Å². The summed E-state index contributed by atoms with van der Waals surface area (Å²) >= 11 is 5.77. The number of rotatable bonds is 5. The Labute approximate surface area is 90.0 Å². The third kappa shape index (κ3) is 3.46. The number of unbranched alkanes of at least 4 members (excludes halogenated alkanes) is 2. The first-order chi connectivity index (χ1) is 6.74. The molecule has 78 valence electrons. The molecule has 0 aliphatic heterocycles. The molecule has 0 fully saturated rings. The van der Waals surface area contributed by atoms with Gasteiger partial charge in [-0.05, 0) is 24.6 Å². The first-order valence-electron chi connectivity index (χ1n) is 4.92. The topological polar surface area (TPSA) is 35.2 Å². The highest BCUT2D eigenvalue weighted by molar-refractivity contribution is 6.30. The van der Waals surface area contributed by atoms with Crippen molar-refractivity contribution < 1.29 is 4.74 Å². The van der Waals surface area contributed by atoms with Crippen molar-refractivity contribution in [3.63, 3.8) is 0 Å². The molecule has 0 saturated carbocycles. The highest BCUT2D eigenvalue weighted by atomic mass is 35.5. The van der Waals surface area contributed by atoms with Crippen LogP contribution in [0.5, 0.6) is 5.75 Å². The van der Waals surface area contributed by atoms with Crippen molar-refractivity contribution in [2.45, 2.75) is 26.2 Å². The Kier molecular flexibility index (Phi) is 4.60. The van der Waals surface area contributed by atoms with Crippen molar-refractivity contribution in [1.29, 1.82) is 0 Å². The van der Waals surface area contributed by atoms with Gasteiger partial charge in [-0.2, -0.15) is 0 Å². The fourth-order valence-corrected chi connectivity index (χ4v) is 1.37. The number of hydrogen-bond donors (Lipinski definition) is 1. The lowest BCUT2D eigenvalue weighted by Crippen LogP contribution is -1.99. The average molecular weight is 214 g/mol. The Balaban J connectivity index is 2.42. The molecule has 14 heavy (non-hydrogen) atoms. The van der Waals surface area contributed by atoms with Crippen LogP contribution in [0.15, 0.2) is 18.2 Å². The molecule has 0 spiro atoms. The van der Waals surface area contributed by atoms with Gasteiger partial charge in [-0.25, -0.2) is 0 Å². The first-order valence-corrected chi connectivity index (χ1v) is 5.29. The van der Waals surface area contributed by atoms with Gasteiger partial charge in [0.15, 0.2) is 0 Å². The van der Waals surface area contributed by atoms with E-state index in [0.29, 0.717) is 10.7 Å². The molecule has 0 aliphatic carbocycles. The molecule has 2 nitrogen and oxygen atoms in total. The van der Waals surface area contributed by atoms with Gasteiger partial charge >= 0.3 is 0 Å². The molecule has 1 rings (SSSR count). The smallest absolute Gasteiger partial charge is 0.142 e. The molecule has 2 N–H and O–H groups in total. The van der Waals surface area contributed by atoms with Crippen LogP contribution in [0.3, 0.4) is 0 Å². The Morgan fingerprint density at radius 1 is 1.36 bits per heavy atom. The molecule has 0 radical (unpaired) electrons. The number of benzene rings is 1. The maximum Gasteiger partial charge on any atom is 0.142 e. The summed E-state index contributed by atoms with van der Waals surface area (Å²) in [4.78, 5) is 0. The van der Waals surface area contributed by atoms with E-state index in [-0.39, 0.29) is 0 Å². The van der Waals surface area contributed by atoms with Crippen LogP contribution in [-0.2, 0) is 0 Å². The zero-order valence-corrected chi connectivity index (χ0v) is 9.18. The zero-order chi connectivity index (χ0) is 10.4. The van der Waals surface area contributed by atoms with Crippen molar-refractivity contribution in [2.24, 2.45) is 0 Å². The molecular formula is C11H16ClNO. The fraction of sp³-hybridized carbons (Fsp3) is 0.455. The summed E-state index contributed by atoms with van der Waals surface area (Å²) in [5, 5.41) is 0.642. The lowest BCUT2D eigenvalue weighted by molar-refractivity contribution is 0.308. The van der Waals surface area contributed by atoms with E-state index in [1.54, 1.807) is 12.1 Å². The second-order valence-corrected chi connectivity index (χ2v) is 3.67. The largest absolute Gasteiger partial charge is 0.491 e. The van der Waals surface area contributed by atoms with Gasteiger partial charge in [-0.3, -0.25) is 0 Å². The zero-order valence-electron chi connectivity index (χ0n) is 8.42. The minimum absolute atomic E-state index is 0.606. The van der Waals surface area contributed by atoms with Crippen LogP contribution in [0.25, 0.3) is 0 Å². The van der Waals surface area contributed by atoms with E-state index in [1.165, 1.54) is 12.8 Å². The summed E-state index contributed by atoms with van der Waals surface area (Å²) in [6, 6.07) is 5.30. The minimum Gasteiger partial charge on any atom is -0.491 e. The van der Waals surface area contributed by atoms with Crippen LogP contribution in [0.2, 0.25) is 5.02 Å². The number of ether oxygens (including phenoxy) is 1. The normalized spacial score (nSPS) is 10.1. The summed E-state index contributed by atoms with van der Waals surface area (Å²) in [5.41, 5.74) is 6.33. The van der Waals surface area contributed by atoms with Crippen molar-refractivity contribution in [3.8, 4) is 5.75 Å². The van der Waals surface area contributed by atoms with Crippen molar-refractivity contribution in [2.75, 3.05) is 12.3 Å². The third-order valence-electron chi connectivity index (χ3n) is 1.98. The van der Waals surface area contributed by atoms with Crippen molar-refractivity contribution >= 4 is 17.3 Å². The molecule has 0 saturated heterocycles. The molecule has 0 bridgehead atoms. The van der Waals surface area contributed by atoms with Gasteiger partial charge in [0.05, 0.1) is 12.3 Å². The lowest BCUT2D eigenvalue weighted by atomic mass is 10.2. The predicted molar refractivity (Wildman–Crippen MR) is 60.9 cm³/mol. The van der Waals surface area contributed by atoms with E-state index in [1.807, 2.05) is 6.07 Å². The minimum atomic E-state index is 0.606. The summed E-state index contributed by atoms with van der Waals surface area (Å²) in [5.74, 6) is 0.727. The third-order valence-corrected chi connectivity index (χ3v) is 2.21. The molecule has 0 heterocycles. The van der Waals surface area contributed by atoms with Gasteiger partial charge in [-0.15, -0.1) is 0 Å². The van der Waals surface area contributed by atoms with Gasteiger partial charge in [-0.1, -0.05) is 31.4 Å². The molecule has 0 amide bonds. The SMILES string of the molecule is CCCCCOc1ccc(Cl)cc1N. The van der Waals surface area contributed by atoms with Crippen LogP contribution < -0.4 is 10.5 Å². The number of nitrogens with two attached hydrogens (primary N) is 1. The maximum atomic E-state index is 5.77. The monoisotopic (exact) mass is 213 g/mol. The number of nitrogen functional groups attached to an aromatic ring is 1. The first kappa shape index (κ1) is 11.2. The van der Waals surface area contributed by atoms with Gasteiger partial charge < -0.3 is 10.5 Å². The Bertz CT molecular complexity index is 289. The standard InChI is InChI=1S/C11H16ClNO/c1-2-3-4-7-14-11-6-5-9(12)8-10(11)13/h5-6,8H,2-4,7,13H2,1H3. The summed E-state index contributed by atoms with van der Waals surface area (Å²) in [6.45, 7) is 2.89. The molecular weight excluding hydrogens is 198 g/mol. The number of hydrogen-bond acceptors (Lipinski definition) is 2. The van der Waals surface area contributed by atoms with E-state index >= 15 is 0 Å². The van der Waals surface area contributed by atoms with Crippen LogP contribution in [0.4, 0.5) is 5.69 Å². The lowest BCUT2D eigenvalue weighted by Gasteiger charge is -2.08. The van der Waals surface area contributed by atoms with Gasteiger partial charge in [0.1, 0.15) is 5.75 Å². The maximum absolute atomic E-state index is 5.77. The molecule has 3 heteroatoms. The Morgan fingerprint density at radius 3 is 2.79 bits per heavy atom. The second-order valence-electron chi connectivity index (χ2n) is 3.24. The van der Waals surface area contributed by atoms with Gasteiger partial charge in [0.25, 0.3) is 0 Å². The molecule has 0 aromatic heterocycles. The van der Waals surface area contributed by atoms with E-state index < -0.39 is 0 Å². The molecule has 0 unspecified atom stereocenters. The number of halogens is 1. The predicted octanol–water partition coefficient (Wildman–Crippen LogP) is 3.49. The molecule has 0 atom stereocenters. The van der Waals surface area contributed by atoms with E-state index in [4.69, 9.17) is 22.1 Å². The fourth-order valence-electron chi connectivity index (χ4n) is 1.18.